The Labute approximate surface area is 243 Å². The highest BCUT2D eigenvalue weighted by atomic mass is 32.5. The molecule has 0 radical (unpaired) electrons. The summed E-state index contributed by atoms with van der Waals surface area (Å²) in [4.78, 5) is 29.1. The second-order valence-corrected chi connectivity index (χ2v) is 14.1. The number of hydrogen-bond acceptors (Lipinski definition) is 10. The van der Waals surface area contributed by atoms with Gasteiger partial charge in [0.15, 0.2) is 6.23 Å². The van der Waals surface area contributed by atoms with Gasteiger partial charge >= 0.3 is 18.6 Å². The third-order valence-corrected chi connectivity index (χ3v) is 8.44. The molecule has 224 valence electrons. The van der Waals surface area contributed by atoms with E-state index in [4.69, 9.17) is 30.3 Å². The number of carbonyl (C=O) groups is 2. The van der Waals surface area contributed by atoms with Crippen molar-refractivity contribution in [2.75, 3.05) is 13.2 Å². The molecule has 2 aliphatic rings. The molecule has 3 rings (SSSR count). The van der Waals surface area contributed by atoms with Gasteiger partial charge in [-0.25, -0.2) is 9.88 Å². The zero-order chi connectivity index (χ0) is 30.6. The molecule has 16 heteroatoms. The van der Waals surface area contributed by atoms with Gasteiger partial charge in [-0.05, 0) is 54.8 Å². The van der Waals surface area contributed by atoms with Gasteiger partial charge < -0.3 is 34.1 Å². The van der Waals surface area contributed by atoms with Gasteiger partial charge in [0.25, 0.3) is 0 Å². The summed E-state index contributed by atoms with van der Waals surface area (Å²) in [6, 6.07) is 6.73. The highest BCUT2D eigenvalue weighted by Crippen LogP contribution is 2.49. The molecule has 6 atom stereocenters. The highest BCUT2D eigenvalue weighted by Gasteiger charge is 2.64. The normalized spacial score (nSPS) is 28.3. The molecule has 0 spiro atoms. The molecule has 1 fully saturated rings. The van der Waals surface area contributed by atoms with Crippen LogP contribution in [0.1, 0.15) is 34.6 Å². The van der Waals surface area contributed by atoms with Crippen LogP contribution in [0.25, 0.3) is 10.4 Å². The van der Waals surface area contributed by atoms with Crippen LogP contribution >= 0.6 is 6.64 Å². The van der Waals surface area contributed by atoms with Crippen LogP contribution in [0.4, 0.5) is 4.79 Å². The summed E-state index contributed by atoms with van der Waals surface area (Å²) in [7, 11) is 0. The second-order valence-electron chi connectivity index (χ2n) is 11.0. The lowest BCUT2D eigenvalue weighted by molar-refractivity contribution is -0.148. The van der Waals surface area contributed by atoms with E-state index in [2.05, 4.69) is 27.0 Å². The summed E-state index contributed by atoms with van der Waals surface area (Å²) in [5.41, 5.74) is 4.99. The van der Waals surface area contributed by atoms with E-state index in [1.807, 2.05) is 20.8 Å². The number of para-hydroxylation sites is 1. The first-order valence-corrected chi connectivity index (χ1v) is 15.2. The number of urea groups is 1. The van der Waals surface area contributed by atoms with Crippen molar-refractivity contribution in [2.24, 2.45) is 10.5 Å². The van der Waals surface area contributed by atoms with Crippen LogP contribution in [0, 0.1) is 5.41 Å². The van der Waals surface area contributed by atoms with Crippen LogP contribution in [0.3, 0.4) is 0 Å². The van der Waals surface area contributed by atoms with Gasteiger partial charge in [0.05, 0.1) is 13.2 Å². The highest BCUT2D eigenvalue weighted by molar-refractivity contribution is 8.09. The lowest BCUT2D eigenvalue weighted by atomic mass is 9.93. The average molecular weight is 611 g/mol. The van der Waals surface area contributed by atoms with E-state index < -0.39 is 54.9 Å². The fourth-order valence-electron chi connectivity index (χ4n) is 3.86. The van der Waals surface area contributed by atoms with Crippen LogP contribution in [-0.4, -0.2) is 70.0 Å². The van der Waals surface area contributed by atoms with E-state index in [1.54, 1.807) is 30.3 Å². The van der Waals surface area contributed by atoms with E-state index in [1.165, 1.54) is 26.1 Å². The molecule has 2 unspecified atom stereocenters. The monoisotopic (exact) mass is 610 g/mol. The van der Waals surface area contributed by atoms with Crippen molar-refractivity contribution in [1.82, 2.24) is 15.3 Å². The smallest absolute Gasteiger partial charge is 0.328 e. The van der Waals surface area contributed by atoms with Crippen LogP contribution < -0.4 is 14.9 Å². The number of allylic oxidation sites excluding steroid dienone is 1. The number of rotatable bonds is 11. The number of nitrogens with one attached hydrogen (secondary N) is 2. The Balaban J connectivity index is 1.89. The molecule has 0 bridgehead atoms. The standard InChI is InChI=1S/C25H35N6O8PS/c1-16-12-13-31(22(34)27-16)21-24(6,35)20(33)25(38-21,29-30-26)15-37-40(41,39-18-10-8-7-9-11-18)28-17(2)19(32)36-14-23(3,4)5/h7-13,17,20-21,33,35H,1,14-15H2,2-6H3,(H,27,34)(H,28,41)/t17?,20-,21+,24+,25+,40?/m0/s1. The van der Waals surface area contributed by atoms with Gasteiger partial charge in [0.2, 0.25) is 5.72 Å². The Morgan fingerprint density at radius 3 is 2.66 bits per heavy atom. The topological polar surface area (TPSA) is 188 Å². The molecule has 0 aromatic heterocycles. The number of azide groups is 1. The summed E-state index contributed by atoms with van der Waals surface area (Å²) in [6.07, 6.45) is -0.649. The van der Waals surface area contributed by atoms with Crippen molar-refractivity contribution >= 4 is 30.4 Å². The van der Waals surface area contributed by atoms with Gasteiger partial charge in [-0.15, -0.1) is 0 Å². The maximum absolute atomic E-state index is 12.7. The molecule has 2 heterocycles. The third-order valence-electron chi connectivity index (χ3n) is 5.96. The minimum absolute atomic E-state index is 0.156. The zero-order valence-corrected chi connectivity index (χ0v) is 25.1. The van der Waals surface area contributed by atoms with Crippen molar-refractivity contribution < 1.29 is 38.3 Å². The van der Waals surface area contributed by atoms with Gasteiger partial charge in [0, 0.05) is 16.8 Å². The molecule has 1 saturated heterocycles. The first-order chi connectivity index (χ1) is 19.0. The third kappa shape index (κ3) is 7.85. The molecule has 2 aliphatic heterocycles. The van der Waals surface area contributed by atoms with Gasteiger partial charge in [-0.2, -0.15) is 0 Å². The summed E-state index contributed by atoms with van der Waals surface area (Å²) in [5, 5.41) is 31.3. The van der Waals surface area contributed by atoms with Gasteiger partial charge in [-0.3, -0.25) is 9.69 Å². The molecular formula is C25H35N6O8PS. The minimum atomic E-state index is -3.67. The Hall–Kier alpha value is -3.00. The Kier molecular flexibility index (Phi) is 9.89. The van der Waals surface area contributed by atoms with Crippen LogP contribution in [0.2, 0.25) is 0 Å². The summed E-state index contributed by atoms with van der Waals surface area (Å²) in [5.74, 6) is -0.298. The fraction of sp³-hybridized carbons (Fsp3) is 0.520. The Morgan fingerprint density at radius 2 is 2.07 bits per heavy atom. The van der Waals surface area contributed by atoms with Crippen LogP contribution in [-0.2, 0) is 30.6 Å². The first kappa shape index (κ1) is 32.5. The van der Waals surface area contributed by atoms with E-state index >= 15 is 0 Å². The summed E-state index contributed by atoms with van der Waals surface area (Å²) < 4.78 is 23.2. The number of carbonyl (C=O) groups excluding carboxylic acids is 2. The summed E-state index contributed by atoms with van der Waals surface area (Å²) in [6.45, 7) is 7.87. The Morgan fingerprint density at radius 1 is 1.41 bits per heavy atom. The zero-order valence-electron chi connectivity index (χ0n) is 23.4. The van der Waals surface area contributed by atoms with Gasteiger partial charge in [0.1, 0.15) is 23.5 Å². The fourth-order valence-corrected chi connectivity index (χ4v) is 6.26. The number of amides is 2. The largest absolute Gasteiger partial charge is 0.464 e. The number of ether oxygens (including phenoxy) is 2. The number of hydrogen-bond donors (Lipinski definition) is 4. The molecule has 1 aromatic carbocycles. The van der Waals surface area contributed by atoms with Gasteiger partial charge in [-0.1, -0.05) is 50.7 Å². The molecule has 4 N–H and O–H groups in total. The quantitative estimate of drug-likeness (QED) is 0.0951. The van der Waals surface area contributed by atoms with E-state index in [0.717, 1.165) is 4.90 Å². The molecule has 41 heavy (non-hydrogen) atoms. The molecule has 0 saturated carbocycles. The maximum atomic E-state index is 12.7. The maximum Gasteiger partial charge on any atom is 0.328 e. The molecule has 1 aromatic rings. The van der Waals surface area contributed by atoms with E-state index in [0.29, 0.717) is 11.4 Å². The Bertz CT molecular complexity index is 1280. The number of aliphatic hydroxyl groups excluding tert-OH is 1. The van der Waals surface area contributed by atoms with Crippen LogP contribution in [0.15, 0.2) is 60.0 Å². The first-order valence-electron chi connectivity index (χ1n) is 12.6. The average Bonchev–Trinajstić information content (AvgIpc) is 3.07. The van der Waals surface area contributed by atoms with Crippen molar-refractivity contribution in [3.8, 4) is 5.75 Å². The number of aliphatic hydroxyl groups is 2. The van der Waals surface area contributed by atoms with Crippen molar-refractivity contribution in [2.45, 2.75) is 64.3 Å². The predicted octanol–water partition coefficient (Wildman–Crippen LogP) is 3.40. The van der Waals surface area contributed by atoms with Crippen molar-refractivity contribution in [3.05, 3.63) is 65.3 Å². The minimum Gasteiger partial charge on any atom is -0.464 e. The summed E-state index contributed by atoms with van der Waals surface area (Å²) >= 11 is 5.71. The van der Waals surface area contributed by atoms with E-state index in [-0.39, 0.29) is 12.0 Å². The van der Waals surface area contributed by atoms with E-state index in [9.17, 15) is 25.3 Å². The number of nitrogens with zero attached hydrogens (tertiary/aromatic N) is 4. The second kappa shape index (κ2) is 12.5. The van der Waals surface area contributed by atoms with Crippen molar-refractivity contribution in [1.29, 1.82) is 0 Å². The molecular weight excluding hydrogens is 575 g/mol. The number of esters is 1. The lowest BCUT2D eigenvalue weighted by Crippen LogP contribution is -2.56. The molecule has 14 nitrogen and oxygen atoms in total. The van der Waals surface area contributed by atoms with Crippen LogP contribution in [0.5, 0.6) is 5.75 Å². The van der Waals surface area contributed by atoms with Crippen molar-refractivity contribution in [3.63, 3.8) is 0 Å². The number of benzene rings is 1. The SMILES string of the molecule is C=C1C=CN([C@@H]2O[C@@](COP(=S)(NC(C)C(=O)OCC(C)(C)C)Oc3ccccc3)(N=[N+]=[N-])[C@@H](O)[C@@]2(C)O)C(=O)N1. The molecule has 0 aliphatic carbocycles. The predicted molar refractivity (Wildman–Crippen MR) is 152 cm³/mol. The molecule has 2 amide bonds. The lowest BCUT2D eigenvalue weighted by Gasteiger charge is -2.35.